The van der Waals surface area contributed by atoms with Gasteiger partial charge in [0.05, 0.1) is 0 Å². The molecular formula is C10H13N2O3P. The highest BCUT2D eigenvalue weighted by Gasteiger charge is 1.61. The van der Waals surface area contributed by atoms with Crippen LogP contribution in [0.1, 0.15) is 0 Å². The molecule has 0 fully saturated rings. The van der Waals surface area contributed by atoms with Crippen LogP contribution in [0.3, 0.4) is 0 Å². The lowest BCUT2D eigenvalue weighted by Gasteiger charge is -1.70. The quantitative estimate of drug-likeness (QED) is 0.682. The summed E-state index contributed by atoms with van der Waals surface area (Å²) in [4.78, 5) is 21.9. The van der Waals surface area contributed by atoms with Crippen LogP contribution in [-0.2, 0) is 4.57 Å². The summed E-state index contributed by atoms with van der Waals surface area (Å²) in [5.74, 6) is 0. The van der Waals surface area contributed by atoms with Crippen LogP contribution in [0.25, 0.3) is 0 Å². The van der Waals surface area contributed by atoms with E-state index in [1.54, 1.807) is 24.8 Å². The molecule has 16 heavy (non-hydrogen) atoms. The van der Waals surface area contributed by atoms with Gasteiger partial charge in [-0.25, -0.2) is 0 Å². The van der Waals surface area contributed by atoms with E-state index in [-0.39, 0.29) is 0 Å². The Morgan fingerprint density at radius 2 is 0.938 bits per heavy atom. The van der Waals surface area contributed by atoms with E-state index in [0.29, 0.717) is 0 Å². The Hall–Kier alpha value is -1.55. The van der Waals surface area contributed by atoms with E-state index >= 15 is 0 Å². The summed E-state index contributed by atoms with van der Waals surface area (Å²) in [6.07, 6.45) is 7.00. The van der Waals surface area contributed by atoms with Crippen molar-refractivity contribution in [1.29, 1.82) is 0 Å². The zero-order valence-electron chi connectivity index (χ0n) is 8.47. The van der Waals surface area contributed by atoms with Gasteiger partial charge >= 0.3 is 8.25 Å². The summed E-state index contributed by atoms with van der Waals surface area (Å²) in [6.45, 7) is 0. The molecule has 0 saturated heterocycles. The first-order valence-electron chi connectivity index (χ1n) is 4.35. The minimum Gasteiger partial charge on any atom is -0.326 e. The Morgan fingerprint density at radius 1 is 0.688 bits per heavy atom. The van der Waals surface area contributed by atoms with Crippen LogP contribution in [0.2, 0.25) is 0 Å². The Kier molecular flexibility index (Phi) is 10.4. The van der Waals surface area contributed by atoms with E-state index < -0.39 is 8.25 Å². The highest BCUT2D eigenvalue weighted by molar-refractivity contribution is 7.30. The minimum absolute atomic E-state index is 1.75. The molecule has 6 heteroatoms. The maximum Gasteiger partial charge on any atom is 0.314 e. The zero-order chi connectivity index (χ0) is 12.1. The molecule has 0 aliphatic carbocycles. The number of hydrogen-bond donors (Lipinski definition) is 2. The number of hydrogen-bond acceptors (Lipinski definition) is 3. The molecular weight excluding hydrogens is 227 g/mol. The van der Waals surface area contributed by atoms with Crippen LogP contribution in [0, 0.1) is 0 Å². The van der Waals surface area contributed by atoms with Crippen LogP contribution in [-0.4, -0.2) is 19.8 Å². The normalized spacial score (nSPS) is 8.19. The van der Waals surface area contributed by atoms with Gasteiger partial charge in [0, 0.05) is 24.8 Å². The van der Waals surface area contributed by atoms with Gasteiger partial charge in [0.2, 0.25) is 0 Å². The second kappa shape index (κ2) is 11.5. The van der Waals surface area contributed by atoms with Crippen molar-refractivity contribution >= 4 is 8.25 Å². The molecule has 0 saturated carbocycles. The SMILES string of the molecule is O=[PH](O)O.c1ccncc1.c1ccncc1. The van der Waals surface area contributed by atoms with Crippen molar-refractivity contribution < 1.29 is 14.4 Å². The fourth-order valence-electron chi connectivity index (χ4n) is 0.625. The highest BCUT2D eigenvalue weighted by atomic mass is 31.1. The third-order valence-electron chi connectivity index (χ3n) is 1.13. The number of rotatable bonds is 0. The monoisotopic (exact) mass is 240 g/mol. The first kappa shape index (κ1) is 14.5. The molecule has 5 nitrogen and oxygen atoms in total. The number of aromatic nitrogens is 2. The Morgan fingerprint density at radius 3 is 1.00 bits per heavy atom. The van der Waals surface area contributed by atoms with E-state index in [2.05, 4.69) is 9.97 Å². The predicted molar refractivity (Wildman–Crippen MR) is 61.9 cm³/mol. The molecule has 0 aromatic carbocycles. The van der Waals surface area contributed by atoms with Crippen molar-refractivity contribution in [1.82, 2.24) is 9.97 Å². The molecule has 0 bridgehead atoms. The summed E-state index contributed by atoms with van der Waals surface area (Å²) in [7, 11) is -3.13. The van der Waals surface area contributed by atoms with E-state index in [0.717, 1.165) is 0 Å². The number of nitrogens with zero attached hydrogens (tertiary/aromatic N) is 2. The molecule has 2 aromatic heterocycles. The molecule has 0 spiro atoms. The van der Waals surface area contributed by atoms with Crippen molar-refractivity contribution in [2.45, 2.75) is 0 Å². The van der Waals surface area contributed by atoms with Crippen molar-refractivity contribution in [2.24, 2.45) is 0 Å². The Labute approximate surface area is 94.4 Å². The first-order valence-corrected chi connectivity index (χ1v) is 5.65. The maximum absolute atomic E-state index is 8.74. The van der Waals surface area contributed by atoms with Gasteiger partial charge in [-0.15, -0.1) is 0 Å². The molecule has 0 atom stereocenters. The number of pyridine rings is 2. The first-order chi connectivity index (χ1) is 7.73. The third-order valence-corrected chi connectivity index (χ3v) is 1.13. The lowest BCUT2D eigenvalue weighted by atomic mass is 10.5. The second-order valence-electron chi connectivity index (χ2n) is 2.33. The predicted octanol–water partition coefficient (Wildman–Crippen LogP) is 1.52. The molecule has 86 valence electrons. The standard InChI is InChI=1S/2C5H5N.H3O3P/c2*1-2-4-6-5-3-1;1-4(2)3/h2*1-5H;4H,(H2,1,2,3). The average molecular weight is 240 g/mol. The summed E-state index contributed by atoms with van der Waals surface area (Å²) in [5, 5.41) is 0. The molecule has 0 amide bonds. The van der Waals surface area contributed by atoms with Gasteiger partial charge < -0.3 is 9.79 Å². The summed E-state index contributed by atoms with van der Waals surface area (Å²) in [6, 6.07) is 11.4. The minimum atomic E-state index is -3.13. The smallest absolute Gasteiger partial charge is 0.314 e. The lowest BCUT2D eigenvalue weighted by molar-refractivity contribution is 0.405. The summed E-state index contributed by atoms with van der Waals surface area (Å²) >= 11 is 0. The Bertz CT molecular complexity index is 270. The van der Waals surface area contributed by atoms with Gasteiger partial charge in [0.15, 0.2) is 0 Å². The largest absolute Gasteiger partial charge is 0.326 e. The van der Waals surface area contributed by atoms with Crippen LogP contribution in [0.5, 0.6) is 0 Å². The zero-order valence-corrected chi connectivity index (χ0v) is 9.47. The van der Waals surface area contributed by atoms with Crippen LogP contribution in [0.4, 0.5) is 0 Å². The topological polar surface area (TPSA) is 83.3 Å². The van der Waals surface area contributed by atoms with Gasteiger partial charge in [-0.3, -0.25) is 14.5 Å². The summed E-state index contributed by atoms with van der Waals surface area (Å²) < 4.78 is 8.74. The second-order valence-corrected chi connectivity index (χ2v) is 2.90. The molecule has 2 aromatic rings. The fraction of sp³-hybridized carbons (Fsp3) is 0. The van der Waals surface area contributed by atoms with Crippen LogP contribution in [0.15, 0.2) is 61.2 Å². The van der Waals surface area contributed by atoms with Gasteiger partial charge in [0.1, 0.15) is 0 Å². The van der Waals surface area contributed by atoms with Crippen molar-refractivity contribution in [3.63, 3.8) is 0 Å². The van der Waals surface area contributed by atoms with Gasteiger partial charge in [0.25, 0.3) is 0 Å². The molecule has 0 aliphatic heterocycles. The Balaban J connectivity index is 0.000000217. The van der Waals surface area contributed by atoms with E-state index in [1.807, 2.05) is 36.4 Å². The van der Waals surface area contributed by atoms with Gasteiger partial charge in [-0.2, -0.15) is 0 Å². The molecule has 0 aliphatic rings. The molecule has 2 N–H and O–H groups in total. The fourth-order valence-corrected chi connectivity index (χ4v) is 0.625. The average Bonchev–Trinajstić information content (AvgIpc) is 2.34. The highest BCUT2D eigenvalue weighted by Crippen LogP contribution is 1.98. The van der Waals surface area contributed by atoms with Gasteiger partial charge in [-0.1, -0.05) is 12.1 Å². The van der Waals surface area contributed by atoms with Crippen molar-refractivity contribution in [2.75, 3.05) is 0 Å². The molecule has 2 rings (SSSR count). The molecule has 0 unspecified atom stereocenters. The van der Waals surface area contributed by atoms with Crippen LogP contribution < -0.4 is 0 Å². The third kappa shape index (κ3) is 14.9. The van der Waals surface area contributed by atoms with Crippen molar-refractivity contribution in [3.05, 3.63) is 61.2 Å². The van der Waals surface area contributed by atoms with Gasteiger partial charge in [-0.05, 0) is 24.3 Å². The van der Waals surface area contributed by atoms with E-state index in [1.165, 1.54) is 0 Å². The molecule has 2 heterocycles. The van der Waals surface area contributed by atoms with E-state index in [9.17, 15) is 0 Å². The molecule has 0 radical (unpaired) electrons. The lowest BCUT2D eigenvalue weighted by Crippen LogP contribution is -1.58. The van der Waals surface area contributed by atoms with E-state index in [4.69, 9.17) is 14.4 Å². The van der Waals surface area contributed by atoms with Crippen molar-refractivity contribution in [3.8, 4) is 0 Å². The van der Waals surface area contributed by atoms with Crippen LogP contribution >= 0.6 is 8.25 Å². The maximum atomic E-state index is 8.74. The summed E-state index contributed by atoms with van der Waals surface area (Å²) in [5.41, 5.74) is 0.